The lowest BCUT2D eigenvalue weighted by Gasteiger charge is -2.33. The van der Waals surface area contributed by atoms with Gasteiger partial charge in [-0.3, -0.25) is 0 Å². The summed E-state index contributed by atoms with van der Waals surface area (Å²) in [5.41, 5.74) is 4.01. The summed E-state index contributed by atoms with van der Waals surface area (Å²) in [7, 11) is 0. The average molecular weight is 263 g/mol. The first-order valence-electron chi connectivity index (χ1n) is 6.80. The van der Waals surface area contributed by atoms with E-state index in [0.29, 0.717) is 12.2 Å². The maximum Gasteiger partial charge on any atom is 0.124 e. The van der Waals surface area contributed by atoms with Gasteiger partial charge in [-0.15, -0.1) is 0 Å². The Bertz CT molecular complexity index is 735. The van der Waals surface area contributed by atoms with Gasteiger partial charge in [0, 0.05) is 23.0 Å². The summed E-state index contributed by atoms with van der Waals surface area (Å²) < 4.78 is 5.88. The highest BCUT2D eigenvalue weighted by Crippen LogP contribution is 2.49. The van der Waals surface area contributed by atoms with Crippen molar-refractivity contribution < 1.29 is 4.74 Å². The molecule has 0 N–H and O–H groups in total. The van der Waals surface area contributed by atoms with Crippen LogP contribution < -0.4 is 4.74 Å². The van der Waals surface area contributed by atoms with Crippen molar-refractivity contribution >= 4 is 0 Å². The zero-order valence-electron chi connectivity index (χ0n) is 11.0. The summed E-state index contributed by atoms with van der Waals surface area (Å²) in [6.07, 6.45) is 6.70. The maximum absolute atomic E-state index is 9.00. The summed E-state index contributed by atoms with van der Waals surface area (Å²) in [5, 5.41) is 9.00. The van der Waals surface area contributed by atoms with Crippen molar-refractivity contribution in [3.8, 4) is 11.8 Å². The number of nitriles is 1. The van der Waals surface area contributed by atoms with E-state index in [4.69, 9.17) is 10.00 Å². The van der Waals surface area contributed by atoms with Gasteiger partial charge in [-0.1, -0.05) is 6.07 Å². The lowest BCUT2D eigenvalue weighted by Crippen LogP contribution is -2.34. The molecule has 4 heteroatoms. The van der Waals surface area contributed by atoms with Crippen LogP contribution in [0.3, 0.4) is 0 Å². The van der Waals surface area contributed by atoms with Crippen LogP contribution in [-0.2, 0) is 11.8 Å². The number of hydrogen-bond acceptors (Lipinski definition) is 4. The normalized spacial score (nSPS) is 22.8. The molecule has 0 saturated carbocycles. The maximum atomic E-state index is 9.00. The highest BCUT2D eigenvalue weighted by molar-refractivity contribution is 5.55. The molecule has 0 bridgehead atoms. The van der Waals surface area contributed by atoms with Gasteiger partial charge in [-0.25, -0.2) is 9.97 Å². The highest BCUT2D eigenvalue weighted by Gasteiger charge is 2.45. The van der Waals surface area contributed by atoms with Gasteiger partial charge in [0.15, 0.2) is 0 Å². The van der Waals surface area contributed by atoms with Gasteiger partial charge in [-0.05, 0) is 31.4 Å². The Morgan fingerprint density at radius 1 is 1.30 bits per heavy atom. The van der Waals surface area contributed by atoms with E-state index in [9.17, 15) is 0 Å². The molecule has 1 aliphatic heterocycles. The van der Waals surface area contributed by atoms with Crippen molar-refractivity contribution in [2.24, 2.45) is 0 Å². The summed E-state index contributed by atoms with van der Waals surface area (Å²) in [5.74, 6) is 0.834. The second-order valence-electron chi connectivity index (χ2n) is 5.43. The lowest BCUT2D eigenvalue weighted by molar-refractivity contribution is 0.270. The minimum atomic E-state index is -0.127. The van der Waals surface area contributed by atoms with E-state index in [2.05, 4.69) is 16.0 Å². The van der Waals surface area contributed by atoms with Crippen molar-refractivity contribution in [2.75, 3.05) is 6.61 Å². The number of ether oxygens (including phenoxy) is 1. The minimum Gasteiger partial charge on any atom is -0.492 e. The molecule has 2 aromatic rings. The molecule has 4 nitrogen and oxygen atoms in total. The fourth-order valence-electron chi connectivity index (χ4n) is 3.46. The Morgan fingerprint density at radius 3 is 3.15 bits per heavy atom. The molecule has 1 atom stereocenters. The number of nitrogens with zero attached hydrogens (tertiary/aromatic N) is 3. The van der Waals surface area contributed by atoms with Crippen molar-refractivity contribution in [2.45, 2.75) is 24.7 Å². The number of fused-ring (bicyclic) bond motifs is 4. The summed E-state index contributed by atoms with van der Waals surface area (Å²) in [6, 6.07) is 7.90. The largest absolute Gasteiger partial charge is 0.492 e. The van der Waals surface area contributed by atoms with Gasteiger partial charge in [-0.2, -0.15) is 5.26 Å². The molecule has 20 heavy (non-hydrogen) atoms. The molecule has 0 saturated heterocycles. The molecule has 1 spiro atoms. The topological polar surface area (TPSA) is 58.8 Å². The monoisotopic (exact) mass is 263 g/mol. The van der Waals surface area contributed by atoms with Crippen molar-refractivity contribution in [3.63, 3.8) is 0 Å². The molecule has 1 unspecified atom stereocenters. The molecule has 0 fully saturated rings. The van der Waals surface area contributed by atoms with Crippen LogP contribution in [0.5, 0.6) is 5.75 Å². The standard InChI is InChI=1S/C16H13N3O/c17-7-11-3-4-12-15(6-11)20-9-16(12)5-1-2-14-13(16)8-18-10-19-14/h3-4,6,8,10H,1-2,5,9H2. The van der Waals surface area contributed by atoms with Gasteiger partial charge >= 0.3 is 0 Å². The Labute approximate surface area is 117 Å². The molecular weight excluding hydrogens is 250 g/mol. The number of hydrogen-bond donors (Lipinski definition) is 0. The predicted molar refractivity (Wildman–Crippen MR) is 72.4 cm³/mol. The number of rotatable bonds is 0. The van der Waals surface area contributed by atoms with Gasteiger partial charge in [0.1, 0.15) is 18.7 Å². The van der Waals surface area contributed by atoms with E-state index in [1.807, 2.05) is 24.4 Å². The molecular formula is C16H13N3O. The summed E-state index contributed by atoms with van der Waals surface area (Å²) >= 11 is 0. The number of benzene rings is 1. The average Bonchev–Trinajstić information content (AvgIpc) is 2.87. The SMILES string of the molecule is N#Cc1ccc2c(c1)OCC21CCCc2ncncc21. The highest BCUT2D eigenvalue weighted by atomic mass is 16.5. The third-order valence-corrected chi connectivity index (χ3v) is 4.43. The predicted octanol–water partition coefficient (Wildman–Crippen LogP) is 2.36. The van der Waals surface area contributed by atoms with Crippen LogP contribution in [0.4, 0.5) is 0 Å². The van der Waals surface area contributed by atoms with Crippen molar-refractivity contribution in [1.29, 1.82) is 5.26 Å². The Hall–Kier alpha value is -2.41. The Morgan fingerprint density at radius 2 is 2.25 bits per heavy atom. The number of aryl methyl sites for hydroxylation is 1. The van der Waals surface area contributed by atoms with Crippen LogP contribution in [0.1, 0.15) is 35.2 Å². The third-order valence-electron chi connectivity index (χ3n) is 4.43. The molecule has 0 amide bonds. The molecule has 1 aromatic heterocycles. The number of aromatic nitrogens is 2. The van der Waals surface area contributed by atoms with Crippen molar-refractivity contribution in [3.05, 3.63) is 53.1 Å². The van der Waals surface area contributed by atoms with Gasteiger partial charge in [0.05, 0.1) is 17.0 Å². The second kappa shape index (κ2) is 4.04. The second-order valence-corrected chi connectivity index (χ2v) is 5.43. The van der Waals surface area contributed by atoms with Gasteiger partial charge in [0.25, 0.3) is 0 Å². The van der Waals surface area contributed by atoms with Crippen LogP contribution in [0.15, 0.2) is 30.7 Å². The first-order chi connectivity index (χ1) is 9.83. The zero-order valence-corrected chi connectivity index (χ0v) is 11.0. The van der Waals surface area contributed by atoms with Crippen LogP contribution in [0.25, 0.3) is 0 Å². The fourth-order valence-corrected chi connectivity index (χ4v) is 3.46. The first kappa shape index (κ1) is 11.4. The summed E-state index contributed by atoms with van der Waals surface area (Å²) in [4.78, 5) is 8.63. The third kappa shape index (κ3) is 1.41. The lowest BCUT2D eigenvalue weighted by atomic mass is 9.69. The first-order valence-corrected chi connectivity index (χ1v) is 6.80. The molecule has 98 valence electrons. The molecule has 1 aliphatic carbocycles. The van der Waals surface area contributed by atoms with Gasteiger partial charge in [0.2, 0.25) is 0 Å². The van der Waals surface area contributed by atoms with Gasteiger partial charge < -0.3 is 4.74 Å². The smallest absolute Gasteiger partial charge is 0.124 e. The minimum absolute atomic E-state index is 0.127. The summed E-state index contributed by atoms with van der Waals surface area (Å²) in [6.45, 7) is 0.623. The van der Waals surface area contributed by atoms with Crippen molar-refractivity contribution in [1.82, 2.24) is 9.97 Å². The van der Waals surface area contributed by atoms with E-state index >= 15 is 0 Å². The molecule has 1 aromatic carbocycles. The van der Waals surface area contributed by atoms with Crippen LogP contribution in [0.2, 0.25) is 0 Å². The van der Waals surface area contributed by atoms with E-state index in [-0.39, 0.29) is 5.41 Å². The van der Waals surface area contributed by atoms with Crippen LogP contribution in [0, 0.1) is 11.3 Å². The Kier molecular flexibility index (Phi) is 2.31. The molecule has 2 aliphatic rings. The molecule has 2 heterocycles. The molecule has 0 radical (unpaired) electrons. The fraction of sp³-hybridized carbons (Fsp3) is 0.312. The quantitative estimate of drug-likeness (QED) is 0.732. The molecule has 4 rings (SSSR count). The van der Waals surface area contributed by atoms with Crippen LogP contribution in [-0.4, -0.2) is 16.6 Å². The van der Waals surface area contributed by atoms with E-state index in [0.717, 1.165) is 30.7 Å². The van der Waals surface area contributed by atoms with E-state index < -0.39 is 0 Å². The zero-order chi connectivity index (χ0) is 13.6. The van der Waals surface area contributed by atoms with E-state index in [1.165, 1.54) is 11.1 Å². The Balaban J connectivity index is 1.93. The van der Waals surface area contributed by atoms with Crippen LogP contribution >= 0.6 is 0 Å². The van der Waals surface area contributed by atoms with E-state index in [1.54, 1.807) is 6.33 Å².